The maximum Gasteiger partial charge on any atom is 0.257 e. The lowest BCUT2D eigenvalue weighted by atomic mass is 10.1. The van der Waals surface area contributed by atoms with Crippen molar-refractivity contribution in [2.75, 3.05) is 11.1 Å². The van der Waals surface area contributed by atoms with E-state index in [2.05, 4.69) is 26.2 Å². The number of nitrogens with one attached hydrogen (secondary N) is 1. The van der Waals surface area contributed by atoms with Crippen LogP contribution < -0.4 is 11.1 Å². The van der Waals surface area contributed by atoms with Gasteiger partial charge in [-0.25, -0.2) is 0 Å². The summed E-state index contributed by atoms with van der Waals surface area (Å²) in [7, 11) is 0. The number of carbonyl (C=O) groups excluding carboxylic acids is 1. The molecule has 0 saturated carbocycles. The van der Waals surface area contributed by atoms with Gasteiger partial charge in [-0.2, -0.15) is 0 Å². The molecule has 4 nitrogen and oxygen atoms in total. The van der Waals surface area contributed by atoms with Crippen LogP contribution in [0.2, 0.25) is 0 Å². The summed E-state index contributed by atoms with van der Waals surface area (Å²) in [5.74, 6) is -0.209. The number of pyridine rings is 1. The molecule has 0 spiro atoms. The highest BCUT2D eigenvalue weighted by atomic mass is 79.9. The minimum absolute atomic E-state index is 0.209. The number of hydrogen-bond acceptors (Lipinski definition) is 3. The predicted molar refractivity (Wildman–Crippen MR) is 80.2 cm³/mol. The molecule has 2 aromatic rings. The zero-order valence-electron chi connectivity index (χ0n) is 10.7. The molecule has 0 bridgehead atoms. The van der Waals surface area contributed by atoms with Crippen LogP contribution in [0.5, 0.6) is 0 Å². The second kappa shape index (κ2) is 5.40. The van der Waals surface area contributed by atoms with E-state index in [1.165, 1.54) is 0 Å². The molecule has 1 heterocycles. The number of aryl methyl sites for hydroxylation is 2. The molecule has 0 unspecified atom stereocenters. The predicted octanol–water partition coefficient (Wildman–Crippen LogP) is 3.30. The van der Waals surface area contributed by atoms with Gasteiger partial charge in [0.15, 0.2) is 0 Å². The van der Waals surface area contributed by atoms with Crippen LogP contribution in [-0.4, -0.2) is 10.9 Å². The Kier molecular flexibility index (Phi) is 3.85. The summed E-state index contributed by atoms with van der Waals surface area (Å²) < 4.78 is 0.871. The van der Waals surface area contributed by atoms with Gasteiger partial charge < -0.3 is 11.1 Å². The third-order valence-electron chi connectivity index (χ3n) is 2.73. The smallest absolute Gasteiger partial charge is 0.257 e. The van der Waals surface area contributed by atoms with Crippen molar-refractivity contribution in [3.63, 3.8) is 0 Å². The van der Waals surface area contributed by atoms with Gasteiger partial charge in [0.05, 0.1) is 22.6 Å². The van der Waals surface area contributed by atoms with Gasteiger partial charge in [-0.1, -0.05) is 15.9 Å². The van der Waals surface area contributed by atoms with Crippen molar-refractivity contribution < 1.29 is 4.79 Å². The fourth-order valence-corrected chi connectivity index (χ4v) is 2.14. The standard InChI is InChI=1S/C14H14BrN3O/c1-8-3-5-11(9(2)17-8)14(19)18-13-6-4-10(15)7-12(13)16/h3-7H,16H2,1-2H3,(H,18,19). The Bertz CT molecular complexity index is 641. The highest BCUT2D eigenvalue weighted by Crippen LogP contribution is 2.23. The van der Waals surface area contributed by atoms with E-state index in [0.29, 0.717) is 22.6 Å². The molecule has 98 valence electrons. The molecule has 0 fully saturated rings. The summed E-state index contributed by atoms with van der Waals surface area (Å²) in [5, 5.41) is 2.79. The number of nitrogen functional groups attached to an aromatic ring is 1. The molecule has 0 radical (unpaired) electrons. The number of amides is 1. The number of anilines is 2. The molecule has 0 atom stereocenters. The Morgan fingerprint density at radius 1 is 1.26 bits per heavy atom. The fourth-order valence-electron chi connectivity index (χ4n) is 1.76. The molecular weight excluding hydrogens is 306 g/mol. The SMILES string of the molecule is Cc1ccc(C(=O)Nc2ccc(Br)cc2N)c(C)n1. The van der Waals surface area contributed by atoms with Gasteiger partial charge in [0, 0.05) is 10.2 Å². The average molecular weight is 320 g/mol. The van der Waals surface area contributed by atoms with Gasteiger partial charge in [0.1, 0.15) is 0 Å². The summed E-state index contributed by atoms with van der Waals surface area (Å²) in [6.45, 7) is 3.70. The molecular formula is C14H14BrN3O. The molecule has 0 aliphatic rings. The molecule has 2 rings (SSSR count). The number of benzene rings is 1. The molecule has 0 aliphatic carbocycles. The molecule has 3 N–H and O–H groups in total. The first kappa shape index (κ1) is 13.5. The Labute approximate surface area is 120 Å². The molecule has 1 amide bonds. The Balaban J connectivity index is 2.25. The molecule has 5 heteroatoms. The Morgan fingerprint density at radius 3 is 2.63 bits per heavy atom. The number of carbonyl (C=O) groups is 1. The van der Waals surface area contributed by atoms with Crippen molar-refractivity contribution >= 4 is 33.2 Å². The van der Waals surface area contributed by atoms with Crippen LogP contribution in [-0.2, 0) is 0 Å². The Morgan fingerprint density at radius 2 is 2.00 bits per heavy atom. The zero-order valence-corrected chi connectivity index (χ0v) is 12.3. The fraction of sp³-hybridized carbons (Fsp3) is 0.143. The van der Waals surface area contributed by atoms with E-state index in [1.807, 2.05) is 26.0 Å². The van der Waals surface area contributed by atoms with E-state index < -0.39 is 0 Å². The first-order chi connectivity index (χ1) is 8.97. The van der Waals surface area contributed by atoms with Crippen molar-refractivity contribution in [1.82, 2.24) is 4.98 Å². The van der Waals surface area contributed by atoms with Crippen molar-refractivity contribution in [3.8, 4) is 0 Å². The van der Waals surface area contributed by atoms with Crippen LogP contribution in [0.4, 0.5) is 11.4 Å². The average Bonchev–Trinajstić information content (AvgIpc) is 2.32. The van der Waals surface area contributed by atoms with Crippen LogP contribution >= 0.6 is 15.9 Å². The third kappa shape index (κ3) is 3.12. The van der Waals surface area contributed by atoms with Gasteiger partial charge in [-0.05, 0) is 44.2 Å². The first-order valence-corrected chi connectivity index (χ1v) is 6.57. The normalized spacial score (nSPS) is 10.3. The topological polar surface area (TPSA) is 68.0 Å². The second-order valence-corrected chi connectivity index (χ2v) is 5.19. The van der Waals surface area contributed by atoms with Crippen LogP contribution in [0, 0.1) is 13.8 Å². The number of halogens is 1. The van der Waals surface area contributed by atoms with Gasteiger partial charge >= 0.3 is 0 Å². The van der Waals surface area contributed by atoms with E-state index in [9.17, 15) is 4.79 Å². The van der Waals surface area contributed by atoms with Crippen molar-refractivity contribution in [1.29, 1.82) is 0 Å². The molecule has 0 aliphatic heterocycles. The van der Waals surface area contributed by atoms with Gasteiger partial charge in [0.25, 0.3) is 5.91 Å². The van der Waals surface area contributed by atoms with Crippen LogP contribution in [0.25, 0.3) is 0 Å². The first-order valence-electron chi connectivity index (χ1n) is 5.78. The monoisotopic (exact) mass is 319 g/mol. The second-order valence-electron chi connectivity index (χ2n) is 4.27. The maximum absolute atomic E-state index is 12.2. The van der Waals surface area contributed by atoms with Gasteiger partial charge in [-0.3, -0.25) is 9.78 Å². The summed E-state index contributed by atoms with van der Waals surface area (Å²) >= 11 is 3.32. The van der Waals surface area contributed by atoms with Crippen LogP contribution in [0.1, 0.15) is 21.7 Å². The van der Waals surface area contributed by atoms with Crippen molar-refractivity contribution in [2.45, 2.75) is 13.8 Å². The Hall–Kier alpha value is -1.88. The van der Waals surface area contributed by atoms with E-state index >= 15 is 0 Å². The van der Waals surface area contributed by atoms with Crippen LogP contribution in [0.15, 0.2) is 34.8 Å². The van der Waals surface area contributed by atoms with E-state index in [0.717, 1.165) is 10.2 Å². The minimum Gasteiger partial charge on any atom is -0.397 e. The number of rotatable bonds is 2. The van der Waals surface area contributed by atoms with Crippen molar-refractivity contribution in [3.05, 3.63) is 51.8 Å². The molecule has 0 saturated heterocycles. The lowest BCUT2D eigenvalue weighted by Crippen LogP contribution is -2.15. The van der Waals surface area contributed by atoms with E-state index in [4.69, 9.17) is 5.73 Å². The highest BCUT2D eigenvalue weighted by molar-refractivity contribution is 9.10. The van der Waals surface area contributed by atoms with Gasteiger partial charge in [0.2, 0.25) is 0 Å². The quantitative estimate of drug-likeness (QED) is 0.834. The number of aromatic nitrogens is 1. The van der Waals surface area contributed by atoms with Crippen LogP contribution in [0.3, 0.4) is 0 Å². The summed E-state index contributed by atoms with van der Waals surface area (Å²) in [6.07, 6.45) is 0. The lowest BCUT2D eigenvalue weighted by molar-refractivity contribution is 0.102. The highest BCUT2D eigenvalue weighted by Gasteiger charge is 2.11. The number of hydrogen-bond donors (Lipinski definition) is 2. The largest absolute Gasteiger partial charge is 0.397 e. The molecule has 19 heavy (non-hydrogen) atoms. The third-order valence-corrected chi connectivity index (χ3v) is 3.22. The number of nitrogens with two attached hydrogens (primary N) is 1. The summed E-state index contributed by atoms with van der Waals surface area (Å²) in [5.41, 5.74) is 9.09. The summed E-state index contributed by atoms with van der Waals surface area (Å²) in [6, 6.07) is 8.91. The van der Waals surface area contributed by atoms with E-state index in [1.54, 1.807) is 18.2 Å². The van der Waals surface area contributed by atoms with Gasteiger partial charge in [-0.15, -0.1) is 0 Å². The van der Waals surface area contributed by atoms with E-state index in [-0.39, 0.29) is 5.91 Å². The minimum atomic E-state index is -0.209. The summed E-state index contributed by atoms with van der Waals surface area (Å²) in [4.78, 5) is 16.4. The lowest BCUT2D eigenvalue weighted by Gasteiger charge is -2.10. The number of nitrogens with zero attached hydrogens (tertiary/aromatic N) is 1. The molecule has 1 aromatic carbocycles. The molecule has 1 aromatic heterocycles. The maximum atomic E-state index is 12.2. The van der Waals surface area contributed by atoms with Crippen molar-refractivity contribution in [2.24, 2.45) is 0 Å². The zero-order chi connectivity index (χ0) is 14.0.